The maximum atomic E-state index is 13.8. The van der Waals surface area contributed by atoms with Gasteiger partial charge in [-0.2, -0.15) is 5.10 Å². The number of ether oxygens (including phenoxy) is 1. The zero-order valence-corrected chi connectivity index (χ0v) is 24.8. The number of benzene rings is 2. The molecule has 5 rings (SSSR count). The zero-order valence-electron chi connectivity index (χ0n) is 23.3. The van der Waals surface area contributed by atoms with Crippen LogP contribution in [0.2, 0.25) is 10.0 Å². The summed E-state index contributed by atoms with van der Waals surface area (Å²) in [5.74, 6) is -1.66. The molecule has 220 valence electrons. The summed E-state index contributed by atoms with van der Waals surface area (Å²) in [6, 6.07) is 17.2. The Morgan fingerprint density at radius 2 is 1.86 bits per heavy atom. The van der Waals surface area contributed by atoms with Gasteiger partial charge in [0.05, 0.1) is 41.8 Å². The number of aromatic nitrogens is 3. The van der Waals surface area contributed by atoms with Crippen LogP contribution < -0.4 is 10.1 Å². The molecule has 0 aliphatic carbocycles. The van der Waals surface area contributed by atoms with Gasteiger partial charge in [0.15, 0.2) is 5.69 Å². The predicted octanol–water partition coefficient (Wildman–Crippen LogP) is 5.43. The molecule has 0 bridgehead atoms. The number of amides is 2. The van der Waals surface area contributed by atoms with Crippen LogP contribution in [0.15, 0.2) is 66.9 Å². The Hall–Kier alpha value is -4.67. The molecule has 0 radical (unpaired) electrons. The number of halogens is 2. The molecule has 2 aromatic carbocycles. The summed E-state index contributed by atoms with van der Waals surface area (Å²) in [5.41, 5.74) is 3.63. The van der Waals surface area contributed by atoms with Crippen LogP contribution >= 0.6 is 23.2 Å². The number of rotatable bonds is 8. The van der Waals surface area contributed by atoms with Crippen LogP contribution in [0.25, 0.3) is 17.3 Å². The van der Waals surface area contributed by atoms with Crippen molar-refractivity contribution in [3.05, 3.63) is 105 Å². The second kappa shape index (κ2) is 12.7. The standard InChI is InChI=1S/C31H27Cl2N5O5/c1-18(25-5-3-4-12-34-25)35-31(42)29-23-17-37(27(39)15-28(40)41)16-20(13-19-6-9-22(43-2)10-7-19)30(23)38(36-29)26-11-8-21(32)14-24(26)33/h3-14,18H,15-17H2,1-2H3,(H,35,42)(H,40,41)/b20-13+/t18-/m1/s1. The molecule has 1 aliphatic rings. The van der Waals surface area contributed by atoms with Crippen molar-refractivity contribution in [2.24, 2.45) is 0 Å². The van der Waals surface area contributed by atoms with Crippen molar-refractivity contribution in [2.75, 3.05) is 13.7 Å². The molecule has 10 nitrogen and oxygen atoms in total. The molecule has 0 fully saturated rings. The molecule has 12 heteroatoms. The topological polar surface area (TPSA) is 127 Å². The number of carboxylic acids is 1. The van der Waals surface area contributed by atoms with E-state index in [0.717, 1.165) is 5.56 Å². The smallest absolute Gasteiger partial charge is 0.312 e. The monoisotopic (exact) mass is 619 g/mol. The van der Waals surface area contributed by atoms with Crippen molar-refractivity contribution >= 4 is 52.6 Å². The van der Waals surface area contributed by atoms with Gasteiger partial charge in [-0.05, 0) is 66.6 Å². The number of methoxy groups -OCH3 is 1. The van der Waals surface area contributed by atoms with Gasteiger partial charge in [0, 0.05) is 23.3 Å². The first-order chi connectivity index (χ1) is 20.6. The van der Waals surface area contributed by atoms with Gasteiger partial charge in [0.2, 0.25) is 5.91 Å². The molecule has 0 saturated heterocycles. The number of carbonyl (C=O) groups is 3. The van der Waals surface area contributed by atoms with Gasteiger partial charge in [-0.1, -0.05) is 41.4 Å². The Balaban J connectivity index is 1.68. The average molecular weight is 620 g/mol. The van der Waals surface area contributed by atoms with Crippen molar-refractivity contribution in [1.29, 1.82) is 0 Å². The second-order valence-electron chi connectivity index (χ2n) is 9.90. The zero-order chi connectivity index (χ0) is 30.7. The van der Waals surface area contributed by atoms with Crippen molar-refractivity contribution < 1.29 is 24.2 Å². The highest BCUT2D eigenvalue weighted by Crippen LogP contribution is 2.36. The first-order valence-corrected chi connectivity index (χ1v) is 14.0. The van der Waals surface area contributed by atoms with E-state index in [1.165, 1.54) is 4.90 Å². The Bertz CT molecular complexity index is 1720. The van der Waals surface area contributed by atoms with E-state index in [9.17, 15) is 19.5 Å². The van der Waals surface area contributed by atoms with Gasteiger partial charge in [0.25, 0.3) is 5.91 Å². The van der Waals surface area contributed by atoms with Gasteiger partial charge in [0.1, 0.15) is 12.2 Å². The van der Waals surface area contributed by atoms with E-state index in [0.29, 0.717) is 44.0 Å². The van der Waals surface area contributed by atoms with Gasteiger partial charge in [-0.15, -0.1) is 0 Å². The number of pyridine rings is 1. The van der Waals surface area contributed by atoms with E-state index < -0.39 is 30.2 Å². The van der Waals surface area contributed by atoms with E-state index in [-0.39, 0.29) is 18.8 Å². The number of carboxylic acid groups (broad SMARTS) is 1. The minimum absolute atomic E-state index is 0.0344. The van der Waals surface area contributed by atoms with Crippen molar-refractivity contribution in [2.45, 2.75) is 25.9 Å². The Morgan fingerprint density at radius 3 is 2.51 bits per heavy atom. The van der Waals surface area contributed by atoms with E-state index in [1.54, 1.807) is 67.4 Å². The largest absolute Gasteiger partial charge is 0.497 e. The third-order valence-electron chi connectivity index (χ3n) is 6.94. The maximum Gasteiger partial charge on any atom is 0.312 e. The highest BCUT2D eigenvalue weighted by molar-refractivity contribution is 6.35. The Morgan fingerprint density at radius 1 is 1.09 bits per heavy atom. The summed E-state index contributed by atoms with van der Waals surface area (Å²) in [6.07, 6.45) is 2.80. The molecule has 0 saturated carbocycles. The van der Waals surface area contributed by atoms with E-state index >= 15 is 0 Å². The summed E-state index contributed by atoms with van der Waals surface area (Å²) < 4.78 is 6.85. The van der Waals surface area contributed by atoms with E-state index in [1.807, 2.05) is 24.3 Å². The average Bonchev–Trinajstić information content (AvgIpc) is 3.37. The van der Waals surface area contributed by atoms with Gasteiger partial charge >= 0.3 is 5.97 Å². The lowest BCUT2D eigenvalue weighted by Gasteiger charge is -2.30. The highest BCUT2D eigenvalue weighted by atomic mass is 35.5. The number of hydrogen-bond donors (Lipinski definition) is 2. The molecule has 2 N–H and O–H groups in total. The van der Waals surface area contributed by atoms with Crippen LogP contribution in [-0.4, -0.2) is 56.2 Å². The molecule has 1 aliphatic heterocycles. The predicted molar refractivity (Wildman–Crippen MR) is 162 cm³/mol. The minimum atomic E-state index is -1.25. The number of hydrogen-bond acceptors (Lipinski definition) is 6. The molecule has 0 spiro atoms. The molecule has 3 heterocycles. The summed E-state index contributed by atoms with van der Waals surface area (Å²) in [5, 5.41) is 17.7. The van der Waals surface area contributed by atoms with E-state index in [4.69, 9.17) is 33.0 Å². The summed E-state index contributed by atoms with van der Waals surface area (Å²) in [7, 11) is 1.57. The lowest BCUT2D eigenvalue weighted by atomic mass is 9.97. The van der Waals surface area contributed by atoms with Crippen LogP contribution in [0.3, 0.4) is 0 Å². The van der Waals surface area contributed by atoms with Gasteiger partial charge < -0.3 is 20.1 Å². The molecule has 43 heavy (non-hydrogen) atoms. The molecule has 1 atom stereocenters. The van der Waals surface area contributed by atoms with Crippen molar-refractivity contribution in [1.82, 2.24) is 25.0 Å². The normalized spacial score (nSPS) is 14.2. The highest BCUT2D eigenvalue weighted by Gasteiger charge is 2.34. The lowest BCUT2D eigenvalue weighted by molar-refractivity contribution is -0.144. The third-order valence-corrected chi connectivity index (χ3v) is 7.48. The van der Waals surface area contributed by atoms with Crippen molar-refractivity contribution in [3.63, 3.8) is 0 Å². The maximum absolute atomic E-state index is 13.8. The molecular weight excluding hydrogens is 593 g/mol. The third kappa shape index (κ3) is 6.55. The number of carbonyl (C=O) groups excluding carboxylic acids is 2. The number of nitrogens with zero attached hydrogens (tertiary/aromatic N) is 4. The molecule has 4 aromatic rings. The second-order valence-corrected chi connectivity index (χ2v) is 10.7. The van der Waals surface area contributed by atoms with Crippen LogP contribution in [0.4, 0.5) is 0 Å². The van der Waals surface area contributed by atoms with Crippen LogP contribution in [0.5, 0.6) is 5.75 Å². The fraction of sp³-hybridized carbons (Fsp3) is 0.194. The summed E-state index contributed by atoms with van der Waals surface area (Å²) >= 11 is 12.8. The number of nitrogens with one attached hydrogen (secondary N) is 1. The molecule has 2 aromatic heterocycles. The van der Waals surface area contributed by atoms with Crippen LogP contribution in [0, 0.1) is 0 Å². The lowest BCUT2D eigenvalue weighted by Crippen LogP contribution is -2.37. The fourth-order valence-electron chi connectivity index (χ4n) is 4.87. The van der Waals surface area contributed by atoms with Gasteiger partial charge in [-0.3, -0.25) is 19.4 Å². The summed E-state index contributed by atoms with van der Waals surface area (Å²) in [4.78, 5) is 44.0. The first kappa shape index (κ1) is 29.8. The number of aliphatic carboxylic acids is 1. The van der Waals surface area contributed by atoms with Gasteiger partial charge in [-0.25, -0.2) is 4.68 Å². The number of fused-ring (bicyclic) bond motifs is 1. The first-order valence-electron chi connectivity index (χ1n) is 13.3. The summed E-state index contributed by atoms with van der Waals surface area (Å²) in [6.45, 7) is 1.85. The van der Waals surface area contributed by atoms with E-state index in [2.05, 4.69) is 10.3 Å². The van der Waals surface area contributed by atoms with Crippen molar-refractivity contribution in [3.8, 4) is 11.4 Å². The Kier molecular flexibility index (Phi) is 8.79. The molecule has 0 unspecified atom stereocenters. The Labute approximate surface area is 257 Å². The van der Waals surface area contributed by atoms with Crippen LogP contribution in [0.1, 0.15) is 52.4 Å². The SMILES string of the molecule is COc1ccc(/C=C2\CN(C(=O)CC(=O)O)Cc3c(C(=O)N[C@H](C)c4ccccn4)nn(-c4ccc(Cl)cc4Cl)c32)cc1. The molecule has 2 amide bonds. The van der Waals surface area contributed by atoms with Crippen LogP contribution in [-0.2, 0) is 16.1 Å². The quantitative estimate of drug-likeness (QED) is 0.252. The molecular formula is C31H27Cl2N5O5. The minimum Gasteiger partial charge on any atom is -0.497 e. The fourth-order valence-corrected chi connectivity index (χ4v) is 5.36.